The molecule has 0 bridgehead atoms. The lowest BCUT2D eigenvalue weighted by Gasteiger charge is -2.18. The van der Waals surface area contributed by atoms with Crippen LogP contribution in [0.5, 0.6) is 0 Å². The summed E-state index contributed by atoms with van der Waals surface area (Å²) in [6, 6.07) is 0. The zero-order chi connectivity index (χ0) is 31.2. The third kappa shape index (κ3) is 31.7. The van der Waals surface area contributed by atoms with Crippen molar-refractivity contribution in [3.63, 3.8) is 0 Å². The Hall–Kier alpha value is -1.21. The lowest BCUT2D eigenvalue weighted by atomic mass is 10.1. The largest absolute Gasteiger partial charge is 0.469 e. The van der Waals surface area contributed by atoms with Crippen molar-refractivity contribution in [2.75, 3.05) is 13.2 Å². The minimum atomic E-state index is -4.74. The van der Waals surface area contributed by atoms with Crippen molar-refractivity contribution < 1.29 is 37.9 Å². The fraction of sp³-hybridized carbons (Fsp3) is 0.879. The van der Waals surface area contributed by atoms with Gasteiger partial charge in [0.15, 0.2) is 6.10 Å². The number of hydrogen-bond acceptors (Lipinski definition) is 6. The van der Waals surface area contributed by atoms with Gasteiger partial charge in [-0.15, -0.1) is 0 Å². The minimum absolute atomic E-state index is 0.214. The fourth-order valence-electron chi connectivity index (χ4n) is 4.72. The molecule has 0 amide bonds. The molecular weight excluding hydrogens is 555 g/mol. The van der Waals surface area contributed by atoms with Crippen molar-refractivity contribution in [1.29, 1.82) is 0 Å². The Bertz CT molecular complexity index is 706. The van der Waals surface area contributed by atoms with Gasteiger partial charge in [0.05, 0.1) is 6.61 Å². The summed E-state index contributed by atoms with van der Waals surface area (Å²) in [6.07, 6.45) is 29.3. The van der Waals surface area contributed by atoms with E-state index in [2.05, 4.69) is 30.5 Å². The van der Waals surface area contributed by atoms with Crippen LogP contribution in [0.2, 0.25) is 0 Å². The van der Waals surface area contributed by atoms with Crippen molar-refractivity contribution >= 4 is 19.8 Å². The van der Waals surface area contributed by atoms with E-state index in [9.17, 15) is 14.2 Å². The van der Waals surface area contributed by atoms with Gasteiger partial charge in [-0.05, 0) is 38.5 Å². The maximum Gasteiger partial charge on any atom is 0.469 e. The highest BCUT2D eigenvalue weighted by Gasteiger charge is 2.22. The molecule has 0 fully saturated rings. The topological polar surface area (TPSA) is 119 Å². The molecule has 8 nitrogen and oxygen atoms in total. The average molecular weight is 619 g/mol. The van der Waals surface area contributed by atoms with Crippen LogP contribution < -0.4 is 0 Å². The number of ether oxygens (including phenoxy) is 2. The molecule has 0 saturated heterocycles. The van der Waals surface area contributed by atoms with Gasteiger partial charge < -0.3 is 19.3 Å². The number of hydrogen-bond donors (Lipinski definition) is 2. The SMILES string of the molecule is CCCCCC/C=C\CCCCCCCC(=O)OC[C@H](COP(=O)(O)O)OC(=O)CCCCCCCCCCCCC. The number of phosphoric acid groups is 1. The monoisotopic (exact) mass is 618 g/mol. The molecule has 9 heteroatoms. The number of carbonyl (C=O) groups is 2. The van der Waals surface area contributed by atoms with Gasteiger partial charge in [0.1, 0.15) is 6.61 Å². The van der Waals surface area contributed by atoms with Gasteiger partial charge >= 0.3 is 19.8 Å². The van der Waals surface area contributed by atoms with E-state index < -0.39 is 32.5 Å². The van der Waals surface area contributed by atoms with E-state index in [1.165, 1.54) is 77.0 Å². The summed E-state index contributed by atoms with van der Waals surface area (Å²) in [5, 5.41) is 0. The van der Waals surface area contributed by atoms with Gasteiger partial charge in [-0.3, -0.25) is 14.1 Å². The van der Waals surface area contributed by atoms with E-state index >= 15 is 0 Å². The maximum absolute atomic E-state index is 12.3. The molecule has 0 radical (unpaired) electrons. The highest BCUT2D eigenvalue weighted by molar-refractivity contribution is 7.46. The number of rotatable bonds is 31. The zero-order valence-corrected chi connectivity index (χ0v) is 27.8. The Labute approximate surface area is 257 Å². The van der Waals surface area contributed by atoms with Gasteiger partial charge in [-0.1, -0.05) is 129 Å². The van der Waals surface area contributed by atoms with Crippen LogP contribution in [0, 0.1) is 0 Å². The second-order valence-corrected chi connectivity index (χ2v) is 12.7. The molecule has 0 spiro atoms. The summed E-state index contributed by atoms with van der Waals surface area (Å²) in [4.78, 5) is 42.5. The first-order chi connectivity index (χ1) is 20.3. The molecule has 0 saturated carbocycles. The van der Waals surface area contributed by atoms with Crippen LogP contribution in [0.1, 0.15) is 168 Å². The molecule has 0 aliphatic carbocycles. The molecule has 0 aliphatic rings. The first-order valence-corrected chi connectivity index (χ1v) is 18.5. The summed E-state index contributed by atoms with van der Waals surface area (Å²) in [6.45, 7) is 3.63. The van der Waals surface area contributed by atoms with Crippen LogP contribution in [0.15, 0.2) is 12.2 Å². The standard InChI is InChI=1S/C33H63O8P/c1-3-5-7-9-11-13-15-16-18-19-21-23-25-27-32(34)39-29-31(30-40-42(36,37)38)41-33(35)28-26-24-22-20-17-14-12-10-8-6-4-2/h13,15,31H,3-12,14,16-30H2,1-2H3,(H2,36,37,38)/b15-13-/t31-/m1/s1. The molecule has 0 heterocycles. The molecule has 2 N–H and O–H groups in total. The van der Waals surface area contributed by atoms with E-state index in [0.29, 0.717) is 12.8 Å². The molecule has 0 aromatic carbocycles. The summed E-state index contributed by atoms with van der Waals surface area (Å²) >= 11 is 0. The van der Waals surface area contributed by atoms with Crippen LogP contribution in [0.4, 0.5) is 0 Å². The van der Waals surface area contributed by atoms with Crippen LogP contribution in [0.25, 0.3) is 0 Å². The van der Waals surface area contributed by atoms with Crippen LogP contribution in [-0.4, -0.2) is 41.0 Å². The Morgan fingerprint density at radius 3 is 1.48 bits per heavy atom. The first kappa shape index (κ1) is 40.8. The van der Waals surface area contributed by atoms with Gasteiger partial charge in [0, 0.05) is 12.8 Å². The highest BCUT2D eigenvalue weighted by atomic mass is 31.2. The van der Waals surface area contributed by atoms with Crippen LogP contribution in [0.3, 0.4) is 0 Å². The molecule has 0 rings (SSSR count). The number of esters is 2. The molecule has 1 atom stereocenters. The van der Waals surface area contributed by atoms with E-state index in [-0.39, 0.29) is 19.4 Å². The Morgan fingerprint density at radius 1 is 0.595 bits per heavy atom. The summed E-state index contributed by atoms with van der Waals surface area (Å²) < 4.78 is 26.2. The molecule has 0 unspecified atom stereocenters. The quantitative estimate of drug-likeness (QED) is 0.0341. The Kier molecular flexibility index (Phi) is 29.0. The summed E-state index contributed by atoms with van der Waals surface area (Å²) in [5.74, 6) is -0.892. The average Bonchev–Trinajstić information content (AvgIpc) is 2.95. The Morgan fingerprint density at radius 2 is 1.00 bits per heavy atom. The lowest BCUT2D eigenvalue weighted by molar-refractivity contribution is -0.161. The summed E-state index contributed by atoms with van der Waals surface area (Å²) in [5.41, 5.74) is 0. The smallest absolute Gasteiger partial charge is 0.462 e. The predicted molar refractivity (Wildman–Crippen MR) is 170 cm³/mol. The van der Waals surface area contributed by atoms with E-state index in [1.54, 1.807) is 0 Å². The van der Waals surface area contributed by atoms with Crippen molar-refractivity contribution in [2.24, 2.45) is 0 Å². The first-order valence-electron chi connectivity index (χ1n) is 17.0. The van der Waals surface area contributed by atoms with Gasteiger partial charge in [-0.2, -0.15) is 0 Å². The molecule has 0 aromatic rings. The normalized spacial score (nSPS) is 12.6. The zero-order valence-electron chi connectivity index (χ0n) is 26.9. The highest BCUT2D eigenvalue weighted by Crippen LogP contribution is 2.35. The van der Waals surface area contributed by atoms with Crippen molar-refractivity contribution in [3.05, 3.63) is 12.2 Å². The van der Waals surface area contributed by atoms with E-state index in [0.717, 1.165) is 51.4 Å². The molecular formula is C33H63O8P. The predicted octanol–water partition coefficient (Wildman–Crippen LogP) is 9.51. The second-order valence-electron chi connectivity index (χ2n) is 11.5. The van der Waals surface area contributed by atoms with Crippen molar-refractivity contribution in [3.8, 4) is 0 Å². The third-order valence-corrected chi connectivity index (χ3v) is 7.77. The van der Waals surface area contributed by atoms with E-state index in [4.69, 9.17) is 19.3 Å². The number of phosphoric ester groups is 1. The second kappa shape index (κ2) is 29.8. The van der Waals surface area contributed by atoms with Gasteiger partial charge in [0.2, 0.25) is 0 Å². The van der Waals surface area contributed by atoms with Crippen LogP contribution >= 0.6 is 7.82 Å². The fourth-order valence-corrected chi connectivity index (χ4v) is 5.08. The minimum Gasteiger partial charge on any atom is -0.462 e. The van der Waals surface area contributed by atoms with Crippen molar-refractivity contribution in [1.82, 2.24) is 0 Å². The molecule has 42 heavy (non-hydrogen) atoms. The third-order valence-electron chi connectivity index (χ3n) is 7.28. The van der Waals surface area contributed by atoms with E-state index in [1.807, 2.05) is 0 Å². The maximum atomic E-state index is 12.3. The lowest BCUT2D eigenvalue weighted by Crippen LogP contribution is -2.29. The molecule has 248 valence electrons. The Balaban J connectivity index is 4.01. The number of carbonyl (C=O) groups excluding carboxylic acids is 2. The van der Waals surface area contributed by atoms with Crippen molar-refractivity contribution in [2.45, 2.75) is 174 Å². The van der Waals surface area contributed by atoms with Gasteiger partial charge in [-0.25, -0.2) is 4.57 Å². The molecule has 0 aliphatic heterocycles. The number of unbranched alkanes of at least 4 members (excludes halogenated alkanes) is 19. The van der Waals surface area contributed by atoms with Gasteiger partial charge in [0.25, 0.3) is 0 Å². The summed E-state index contributed by atoms with van der Waals surface area (Å²) in [7, 11) is -4.74. The molecule has 0 aromatic heterocycles. The van der Waals surface area contributed by atoms with Crippen LogP contribution in [-0.2, 0) is 28.2 Å². The number of allylic oxidation sites excluding steroid dienone is 2.